The quantitative estimate of drug-likeness (QED) is 0.522. The van der Waals surface area contributed by atoms with E-state index in [9.17, 15) is 4.79 Å². The molecule has 0 aliphatic carbocycles. The number of hydrogen-bond donors (Lipinski definition) is 0. The average molecular weight is 369 g/mol. The number of rotatable bonds is 11. The summed E-state index contributed by atoms with van der Waals surface area (Å²) in [5.41, 5.74) is 1.48. The van der Waals surface area contributed by atoms with Crippen molar-refractivity contribution in [3.05, 3.63) is 28.8 Å². The standard InChI is InChI=1S/C20H33ClN2O2/c1-6-9-12-23(16(4)5)17-10-11-18(19(21)15-17)20(24)25-14-13-22(7-2)8-3/h10-11,15-16H,6-9,12-14H2,1-5H3. The van der Waals surface area contributed by atoms with Gasteiger partial charge in [-0.3, -0.25) is 0 Å². The predicted molar refractivity (Wildman–Crippen MR) is 107 cm³/mol. The van der Waals surface area contributed by atoms with Gasteiger partial charge in [-0.1, -0.05) is 38.8 Å². The van der Waals surface area contributed by atoms with Crippen molar-refractivity contribution in [2.75, 3.05) is 37.7 Å². The van der Waals surface area contributed by atoms with Crippen LogP contribution in [0.2, 0.25) is 5.02 Å². The Morgan fingerprint density at radius 1 is 1.16 bits per heavy atom. The van der Waals surface area contributed by atoms with E-state index >= 15 is 0 Å². The van der Waals surface area contributed by atoms with Crippen LogP contribution in [0.3, 0.4) is 0 Å². The number of carbonyl (C=O) groups is 1. The van der Waals surface area contributed by atoms with Crippen molar-refractivity contribution in [3.63, 3.8) is 0 Å². The van der Waals surface area contributed by atoms with E-state index in [1.54, 1.807) is 6.07 Å². The van der Waals surface area contributed by atoms with Gasteiger partial charge in [0, 0.05) is 24.8 Å². The normalized spacial score (nSPS) is 11.2. The molecule has 0 unspecified atom stereocenters. The van der Waals surface area contributed by atoms with Gasteiger partial charge in [0.15, 0.2) is 0 Å². The van der Waals surface area contributed by atoms with Crippen molar-refractivity contribution in [2.24, 2.45) is 0 Å². The first kappa shape index (κ1) is 21.8. The molecular formula is C20H33ClN2O2. The highest BCUT2D eigenvalue weighted by molar-refractivity contribution is 6.33. The molecule has 1 aromatic rings. The molecule has 0 bridgehead atoms. The van der Waals surface area contributed by atoms with Crippen LogP contribution in [0.1, 0.15) is 57.8 Å². The zero-order valence-corrected chi connectivity index (χ0v) is 17.1. The highest BCUT2D eigenvalue weighted by Crippen LogP contribution is 2.26. The van der Waals surface area contributed by atoms with Gasteiger partial charge < -0.3 is 14.5 Å². The van der Waals surface area contributed by atoms with Gasteiger partial charge in [0.05, 0.1) is 10.6 Å². The predicted octanol–water partition coefficient (Wildman–Crippen LogP) is 4.85. The molecule has 25 heavy (non-hydrogen) atoms. The van der Waals surface area contributed by atoms with Crippen LogP contribution in [0.15, 0.2) is 18.2 Å². The van der Waals surface area contributed by atoms with Gasteiger partial charge in [0.2, 0.25) is 0 Å². The van der Waals surface area contributed by atoms with Crippen LogP contribution in [0.5, 0.6) is 0 Å². The van der Waals surface area contributed by atoms with Crippen molar-refractivity contribution >= 4 is 23.3 Å². The molecule has 0 N–H and O–H groups in total. The second-order valence-electron chi connectivity index (χ2n) is 6.47. The lowest BCUT2D eigenvalue weighted by Gasteiger charge is -2.29. The fraction of sp³-hybridized carbons (Fsp3) is 0.650. The molecule has 0 atom stereocenters. The summed E-state index contributed by atoms with van der Waals surface area (Å²) >= 11 is 6.37. The summed E-state index contributed by atoms with van der Waals surface area (Å²) in [5, 5.41) is 0.451. The molecule has 5 heteroatoms. The maximum Gasteiger partial charge on any atom is 0.339 e. The molecule has 1 aromatic carbocycles. The second-order valence-corrected chi connectivity index (χ2v) is 6.87. The van der Waals surface area contributed by atoms with E-state index in [4.69, 9.17) is 16.3 Å². The van der Waals surface area contributed by atoms with Crippen LogP contribution in [-0.2, 0) is 4.74 Å². The Bertz CT molecular complexity index is 530. The van der Waals surface area contributed by atoms with E-state index in [0.29, 0.717) is 23.2 Å². The van der Waals surface area contributed by atoms with Crippen LogP contribution in [0.4, 0.5) is 5.69 Å². The van der Waals surface area contributed by atoms with Crippen molar-refractivity contribution in [1.82, 2.24) is 4.90 Å². The minimum atomic E-state index is -0.353. The third kappa shape index (κ3) is 6.87. The van der Waals surface area contributed by atoms with Gasteiger partial charge in [0.25, 0.3) is 0 Å². The van der Waals surface area contributed by atoms with Crippen molar-refractivity contribution in [1.29, 1.82) is 0 Å². The molecule has 0 saturated heterocycles. The molecule has 4 nitrogen and oxygen atoms in total. The van der Waals surface area contributed by atoms with E-state index in [1.807, 2.05) is 12.1 Å². The molecule has 1 rings (SSSR count). The molecular weight excluding hydrogens is 336 g/mol. The van der Waals surface area contributed by atoms with Gasteiger partial charge in [-0.2, -0.15) is 0 Å². The summed E-state index contributed by atoms with van der Waals surface area (Å²) in [6.07, 6.45) is 2.28. The summed E-state index contributed by atoms with van der Waals surface area (Å²) in [6.45, 7) is 14.7. The lowest BCUT2D eigenvalue weighted by atomic mass is 10.1. The minimum absolute atomic E-state index is 0.353. The lowest BCUT2D eigenvalue weighted by molar-refractivity contribution is 0.0466. The number of carbonyl (C=O) groups excluding carboxylic acids is 1. The zero-order valence-electron chi connectivity index (χ0n) is 16.3. The number of unbranched alkanes of at least 4 members (excludes halogenated alkanes) is 1. The number of nitrogens with zero attached hydrogens (tertiary/aromatic N) is 2. The van der Waals surface area contributed by atoms with Gasteiger partial charge in [-0.15, -0.1) is 0 Å². The molecule has 0 radical (unpaired) electrons. The van der Waals surface area contributed by atoms with Gasteiger partial charge >= 0.3 is 5.97 Å². The summed E-state index contributed by atoms with van der Waals surface area (Å²) in [6, 6.07) is 5.99. The fourth-order valence-electron chi connectivity index (χ4n) is 2.75. The number of ether oxygens (including phenoxy) is 1. The third-order valence-electron chi connectivity index (χ3n) is 4.42. The molecule has 0 fully saturated rings. The Hall–Kier alpha value is -1.26. The molecule has 0 aliphatic heterocycles. The zero-order chi connectivity index (χ0) is 18.8. The number of hydrogen-bond acceptors (Lipinski definition) is 4. The Balaban J connectivity index is 2.75. The minimum Gasteiger partial charge on any atom is -0.461 e. The highest BCUT2D eigenvalue weighted by Gasteiger charge is 2.16. The van der Waals surface area contributed by atoms with Crippen LogP contribution < -0.4 is 4.90 Å². The van der Waals surface area contributed by atoms with Gasteiger partial charge in [-0.05, 0) is 51.6 Å². The van der Waals surface area contributed by atoms with E-state index in [0.717, 1.165) is 44.7 Å². The second kappa shape index (κ2) is 11.4. The van der Waals surface area contributed by atoms with E-state index in [1.165, 1.54) is 0 Å². The van der Waals surface area contributed by atoms with Crippen molar-refractivity contribution in [3.8, 4) is 0 Å². The number of halogens is 1. The summed E-state index contributed by atoms with van der Waals surface area (Å²) in [5.74, 6) is -0.353. The first-order valence-electron chi connectivity index (χ1n) is 9.40. The number of anilines is 1. The number of benzene rings is 1. The van der Waals surface area contributed by atoms with E-state index in [-0.39, 0.29) is 5.97 Å². The Kier molecular flexibility index (Phi) is 9.91. The molecule has 0 aromatic heterocycles. The topological polar surface area (TPSA) is 32.8 Å². The molecule has 142 valence electrons. The lowest BCUT2D eigenvalue weighted by Crippen LogP contribution is -2.31. The van der Waals surface area contributed by atoms with Crippen LogP contribution in [0, 0.1) is 0 Å². The first-order valence-corrected chi connectivity index (χ1v) is 9.77. The monoisotopic (exact) mass is 368 g/mol. The maximum atomic E-state index is 12.3. The summed E-state index contributed by atoms with van der Waals surface area (Å²) < 4.78 is 5.38. The van der Waals surface area contributed by atoms with Crippen LogP contribution in [-0.4, -0.2) is 49.7 Å². The SMILES string of the molecule is CCCCN(c1ccc(C(=O)OCCN(CC)CC)c(Cl)c1)C(C)C. The van der Waals surface area contributed by atoms with Gasteiger partial charge in [-0.25, -0.2) is 4.79 Å². The van der Waals surface area contributed by atoms with Crippen LogP contribution >= 0.6 is 11.6 Å². The smallest absolute Gasteiger partial charge is 0.339 e. The Morgan fingerprint density at radius 3 is 2.36 bits per heavy atom. The number of likely N-dealkylation sites (N-methyl/N-ethyl adjacent to an activating group) is 1. The number of esters is 1. The fourth-order valence-corrected chi connectivity index (χ4v) is 3.00. The summed E-state index contributed by atoms with van der Waals surface area (Å²) in [7, 11) is 0. The summed E-state index contributed by atoms with van der Waals surface area (Å²) in [4.78, 5) is 16.8. The largest absolute Gasteiger partial charge is 0.461 e. The van der Waals surface area contributed by atoms with Crippen molar-refractivity contribution in [2.45, 2.75) is 53.5 Å². The van der Waals surface area contributed by atoms with Gasteiger partial charge in [0.1, 0.15) is 6.61 Å². The molecule has 0 aliphatic rings. The third-order valence-corrected chi connectivity index (χ3v) is 4.73. The average Bonchev–Trinajstić information content (AvgIpc) is 2.58. The molecule has 0 saturated carbocycles. The molecule has 0 heterocycles. The Morgan fingerprint density at radius 2 is 1.84 bits per heavy atom. The Labute approximate surface area is 158 Å². The highest BCUT2D eigenvalue weighted by atomic mass is 35.5. The van der Waals surface area contributed by atoms with Crippen molar-refractivity contribution < 1.29 is 9.53 Å². The van der Waals surface area contributed by atoms with E-state index < -0.39 is 0 Å². The molecule has 0 spiro atoms. The van der Waals surface area contributed by atoms with E-state index in [2.05, 4.69) is 44.4 Å². The molecule has 0 amide bonds. The maximum absolute atomic E-state index is 12.3. The first-order chi connectivity index (χ1) is 11.9. The van der Waals surface area contributed by atoms with Crippen LogP contribution in [0.25, 0.3) is 0 Å².